The normalized spacial score (nSPS) is 28.1. The van der Waals surface area contributed by atoms with E-state index >= 15 is 0 Å². The highest BCUT2D eigenvalue weighted by Gasteiger charge is 2.58. The van der Waals surface area contributed by atoms with Gasteiger partial charge in [0.1, 0.15) is 98.7 Å². The van der Waals surface area contributed by atoms with Crippen LogP contribution in [0, 0.1) is 0 Å². The fraction of sp³-hybridized carbons (Fsp3) is 0.929. The fourth-order valence-electron chi connectivity index (χ4n) is 12.2. The zero-order chi connectivity index (χ0) is 69.6. The van der Waals surface area contributed by atoms with E-state index in [1.54, 1.807) is 0 Å². The van der Waals surface area contributed by atoms with Gasteiger partial charge in [0.25, 0.3) is 0 Å². The highest BCUT2D eigenvalue weighted by molar-refractivity contribution is 7.47. The quantitative estimate of drug-likeness (QED) is 0.00887. The van der Waals surface area contributed by atoms with Gasteiger partial charge >= 0.3 is 25.7 Å². The number of carbonyl (C=O) groups is 3. The summed E-state index contributed by atoms with van der Waals surface area (Å²) in [6.07, 6.45) is 10.1. The van der Waals surface area contributed by atoms with Gasteiger partial charge in [0.2, 0.25) is 0 Å². The van der Waals surface area contributed by atoms with Gasteiger partial charge in [-0.2, -0.15) is 0 Å². The van der Waals surface area contributed by atoms with Gasteiger partial charge in [0.15, 0.2) is 18.7 Å². The number of carbonyl (C=O) groups excluding carboxylic acids is 3. The maximum atomic E-state index is 14.3. The molecule has 3 rings (SSSR count). The molecular formula is C70H129O24P. The molecule has 0 aromatic heterocycles. The predicted octanol–water partition coefficient (Wildman–Crippen LogP) is 9.57. The molecule has 24 nitrogen and oxygen atoms in total. The highest BCUT2D eigenvalue weighted by atomic mass is 31.2. The Balaban J connectivity index is 1.75. The zero-order valence-corrected chi connectivity index (χ0v) is 58.9. The topological polar surface area (TPSA) is 374 Å². The molecular weight excluding hydrogens is 1260 g/mol. The Morgan fingerprint density at radius 2 is 0.737 bits per heavy atom. The summed E-state index contributed by atoms with van der Waals surface area (Å²) in [5, 5.41) is 110. The summed E-state index contributed by atoms with van der Waals surface area (Å²) in [6.45, 7) is 3.42. The van der Waals surface area contributed by atoms with Gasteiger partial charge in [-0.3, -0.25) is 23.4 Å². The fourth-order valence-corrected chi connectivity index (χ4v) is 13.2. The number of ether oxygens (including phenoxy) is 7. The molecule has 3 fully saturated rings. The average molecular weight is 1390 g/mol. The van der Waals surface area contributed by atoms with Crippen molar-refractivity contribution in [2.24, 2.45) is 0 Å². The van der Waals surface area contributed by atoms with Gasteiger partial charge in [-0.1, -0.05) is 232 Å². The largest absolute Gasteiger partial charge is 0.472 e. The molecule has 0 aromatic carbocycles. The third-order valence-corrected chi connectivity index (χ3v) is 19.3. The van der Waals surface area contributed by atoms with E-state index in [9.17, 15) is 74.9 Å². The number of unbranched alkanes of at least 4 members (excludes halogenated alkanes) is 34. The molecule has 2 saturated heterocycles. The van der Waals surface area contributed by atoms with Crippen molar-refractivity contribution >= 4 is 25.7 Å². The Morgan fingerprint density at radius 3 is 1.15 bits per heavy atom. The van der Waals surface area contributed by atoms with E-state index in [1.165, 1.54) is 128 Å². The van der Waals surface area contributed by atoms with Crippen molar-refractivity contribution in [1.29, 1.82) is 0 Å². The number of hydrogen-bond acceptors (Lipinski definition) is 23. The number of esters is 3. The van der Waals surface area contributed by atoms with E-state index in [0.717, 1.165) is 96.3 Å². The lowest BCUT2D eigenvalue weighted by molar-refractivity contribution is -0.360. The molecule has 18 atom stereocenters. The molecule has 3 aliphatic rings. The van der Waals surface area contributed by atoms with Crippen molar-refractivity contribution in [2.45, 2.75) is 388 Å². The zero-order valence-electron chi connectivity index (χ0n) is 58.0. The Bertz CT molecular complexity index is 2020. The second kappa shape index (κ2) is 52.6. The smallest absolute Gasteiger partial charge is 0.463 e. The highest BCUT2D eigenvalue weighted by Crippen LogP contribution is 2.49. The van der Waals surface area contributed by atoms with Crippen molar-refractivity contribution in [3.05, 3.63) is 12.2 Å². The molecule has 2 aliphatic heterocycles. The Kier molecular flexibility index (Phi) is 48.2. The van der Waals surface area contributed by atoms with Gasteiger partial charge in [0.05, 0.1) is 13.2 Å². The van der Waals surface area contributed by atoms with E-state index in [1.807, 2.05) is 0 Å². The molecule has 1 aliphatic carbocycles. The van der Waals surface area contributed by atoms with Crippen LogP contribution in [0.1, 0.15) is 284 Å². The standard InChI is InChI=1S/C70H129O24P/c1-4-7-10-13-16-19-22-25-27-30-33-35-38-41-44-54(72)86-48-51(89-56(74)46-43-40-37-34-31-28-26-23-20-17-14-11-8-5-2)49-88-95(84,85)94-68-66(92-69-64(82)59(77)57(75)52(47-71)90-69)62(80)61(79)63(81)67(68)93-70-65(83)60(78)58(76)53(91-70)50-87-55(73)45-42-39-36-32-29-24-21-18-15-12-9-6-3/h27,30,51-53,57-71,75-83H,4-26,28-29,31-50H2,1-3H3,(H,84,85)/b30-27-. The minimum atomic E-state index is -5.69. The van der Waals surface area contributed by atoms with E-state index in [0.29, 0.717) is 19.3 Å². The van der Waals surface area contributed by atoms with E-state index < -0.39 is 156 Å². The van der Waals surface area contributed by atoms with Crippen molar-refractivity contribution in [2.75, 3.05) is 26.4 Å². The van der Waals surface area contributed by atoms with E-state index in [2.05, 4.69) is 32.9 Å². The average Bonchev–Trinajstić information content (AvgIpc) is 0.766. The van der Waals surface area contributed by atoms with Crippen molar-refractivity contribution < 1.29 is 117 Å². The van der Waals surface area contributed by atoms with Crippen LogP contribution < -0.4 is 0 Å². The molecule has 18 unspecified atom stereocenters. The number of phosphoric acid groups is 1. The van der Waals surface area contributed by atoms with Crippen LogP contribution >= 0.6 is 7.82 Å². The first kappa shape index (κ1) is 86.9. The Hall–Kier alpha value is -2.30. The van der Waals surface area contributed by atoms with Crippen LogP contribution in [0.3, 0.4) is 0 Å². The first-order valence-electron chi connectivity index (χ1n) is 37.0. The van der Waals surface area contributed by atoms with Gasteiger partial charge in [-0.05, 0) is 44.9 Å². The van der Waals surface area contributed by atoms with Gasteiger partial charge in [-0.15, -0.1) is 0 Å². The van der Waals surface area contributed by atoms with E-state index in [-0.39, 0.29) is 19.3 Å². The summed E-state index contributed by atoms with van der Waals surface area (Å²) in [6, 6.07) is 0. The minimum absolute atomic E-state index is 0.0279. The second-order valence-corrected chi connectivity index (χ2v) is 28.1. The van der Waals surface area contributed by atoms with Crippen molar-refractivity contribution in [3.63, 3.8) is 0 Å². The summed E-state index contributed by atoms with van der Waals surface area (Å²) >= 11 is 0. The van der Waals surface area contributed by atoms with Gasteiger partial charge < -0.3 is 89.1 Å². The molecule has 0 aromatic rings. The van der Waals surface area contributed by atoms with Crippen LogP contribution in [0.5, 0.6) is 0 Å². The van der Waals surface area contributed by atoms with Crippen molar-refractivity contribution in [3.8, 4) is 0 Å². The summed E-state index contributed by atoms with van der Waals surface area (Å²) in [5.74, 6) is -2.00. The second-order valence-electron chi connectivity index (χ2n) is 26.7. The van der Waals surface area contributed by atoms with Gasteiger partial charge in [-0.25, -0.2) is 4.57 Å². The number of aliphatic hydroxyl groups is 10. The summed E-state index contributed by atoms with van der Waals surface area (Å²) < 4.78 is 64.9. The lowest BCUT2D eigenvalue weighted by atomic mass is 9.84. The molecule has 2 heterocycles. The monoisotopic (exact) mass is 1380 g/mol. The van der Waals surface area contributed by atoms with E-state index in [4.69, 9.17) is 42.2 Å². The number of hydrogen-bond donors (Lipinski definition) is 11. The lowest BCUT2D eigenvalue weighted by Crippen LogP contribution is -2.69. The Morgan fingerprint density at radius 1 is 0.400 bits per heavy atom. The number of allylic oxidation sites excluding steroid dienone is 2. The summed E-state index contributed by atoms with van der Waals surface area (Å²) in [5.41, 5.74) is 0. The molecule has 0 amide bonds. The predicted molar refractivity (Wildman–Crippen MR) is 356 cm³/mol. The molecule has 95 heavy (non-hydrogen) atoms. The van der Waals surface area contributed by atoms with Crippen molar-refractivity contribution in [1.82, 2.24) is 0 Å². The summed E-state index contributed by atoms with van der Waals surface area (Å²) in [4.78, 5) is 50.9. The third kappa shape index (κ3) is 36.2. The molecule has 0 radical (unpaired) electrons. The molecule has 0 spiro atoms. The lowest BCUT2D eigenvalue weighted by Gasteiger charge is -2.49. The molecule has 558 valence electrons. The molecule has 0 bridgehead atoms. The van der Waals surface area contributed by atoms with Crippen LogP contribution in [0.2, 0.25) is 0 Å². The first-order valence-corrected chi connectivity index (χ1v) is 38.5. The molecule has 25 heteroatoms. The molecule has 1 saturated carbocycles. The van der Waals surface area contributed by atoms with Crippen LogP contribution in [-0.4, -0.2) is 204 Å². The maximum Gasteiger partial charge on any atom is 0.472 e. The van der Waals surface area contributed by atoms with Crippen LogP contribution in [0.25, 0.3) is 0 Å². The maximum absolute atomic E-state index is 14.3. The van der Waals surface area contributed by atoms with Crippen LogP contribution in [0.4, 0.5) is 0 Å². The Labute approximate surface area is 567 Å². The first-order chi connectivity index (χ1) is 45.8. The molecule has 11 N–H and O–H groups in total. The third-order valence-electron chi connectivity index (χ3n) is 18.3. The minimum Gasteiger partial charge on any atom is -0.463 e. The number of aliphatic hydroxyl groups excluding tert-OH is 10. The number of phosphoric ester groups is 1. The van der Waals surface area contributed by atoms with Crippen LogP contribution in [-0.2, 0) is 61.2 Å². The number of rotatable bonds is 57. The summed E-state index contributed by atoms with van der Waals surface area (Å²) in [7, 11) is -5.69. The van der Waals surface area contributed by atoms with Crippen LogP contribution in [0.15, 0.2) is 12.2 Å². The SMILES string of the molecule is CCCCCCCCC/C=C\CCCCCC(=O)OCC(COP(=O)(O)OC1C(OC2OC(CO)C(O)C(O)C2O)C(O)C(O)C(O)C1OC1OC(COC(=O)CCCCCCCCCCCCCC)C(O)C(O)C1O)OC(=O)CCCCCCCCCCCCCCCC. The van der Waals surface area contributed by atoms with Gasteiger partial charge in [0, 0.05) is 19.3 Å².